The molecule has 1 aliphatic rings. The van der Waals surface area contributed by atoms with E-state index >= 15 is 0 Å². The molecule has 1 heterocycles. The Morgan fingerprint density at radius 3 is 1.91 bits per heavy atom. The van der Waals surface area contributed by atoms with Crippen LogP contribution < -0.4 is 5.32 Å². The summed E-state index contributed by atoms with van der Waals surface area (Å²) >= 11 is 0. The lowest BCUT2D eigenvalue weighted by Gasteiger charge is -1.80. The number of methoxy groups -OCH3 is 1. The number of imide groups is 1. The number of carbonyl (C=O) groups is 2. The SMILES string of the molecule is C=COC.O=C1C=CC(=O)N1. The zero-order valence-electron chi connectivity index (χ0n) is 6.16. The fourth-order valence-corrected chi connectivity index (χ4v) is 0.356. The summed E-state index contributed by atoms with van der Waals surface area (Å²) in [5, 5.41) is 2.03. The Morgan fingerprint density at radius 1 is 1.45 bits per heavy atom. The average Bonchev–Trinajstić information content (AvgIpc) is 2.35. The van der Waals surface area contributed by atoms with Crippen LogP contribution in [-0.2, 0) is 14.3 Å². The second-order valence-corrected chi connectivity index (χ2v) is 1.59. The zero-order chi connectivity index (χ0) is 8.69. The summed E-state index contributed by atoms with van der Waals surface area (Å²) in [5.74, 6) is -0.657. The number of rotatable bonds is 1. The standard InChI is InChI=1S/C4H3NO2.C3H6O/c6-3-1-2-4(7)5-3;1-3-4-2/h1-2H,(H,5,6,7);3H,1H2,2H3. The Morgan fingerprint density at radius 2 is 1.82 bits per heavy atom. The Balaban J connectivity index is 0.000000218. The van der Waals surface area contributed by atoms with Gasteiger partial charge in [-0.2, -0.15) is 0 Å². The first-order valence-electron chi connectivity index (χ1n) is 2.87. The molecule has 1 rings (SSSR count). The van der Waals surface area contributed by atoms with Crippen LogP contribution in [0.5, 0.6) is 0 Å². The maximum Gasteiger partial charge on any atom is 0.250 e. The molecule has 0 aromatic carbocycles. The molecule has 2 amide bonds. The smallest absolute Gasteiger partial charge is 0.250 e. The number of hydrogen-bond acceptors (Lipinski definition) is 3. The normalized spacial score (nSPS) is 13.2. The van der Waals surface area contributed by atoms with Crippen LogP contribution in [0.2, 0.25) is 0 Å². The van der Waals surface area contributed by atoms with Gasteiger partial charge in [0, 0.05) is 12.2 Å². The minimum absolute atomic E-state index is 0.329. The van der Waals surface area contributed by atoms with Gasteiger partial charge in [-0.1, -0.05) is 6.58 Å². The maximum absolute atomic E-state index is 10.0. The third kappa shape index (κ3) is 4.90. The Labute approximate surface area is 64.5 Å². The lowest BCUT2D eigenvalue weighted by molar-refractivity contribution is -0.123. The van der Waals surface area contributed by atoms with E-state index in [1.807, 2.05) is 5.32 Å². The largest absolute Gasteiger partial charge is 0.505 e. The average molecular weight is 155 g/mol. The highest BCUT2D eigenvalue weighted by atomic mass is 16.5. The van der Waals surface area contributed by atoms with Crippen molar-refractivity contribution in [1.29, 1.82) is 0 Å². The third-order valence-electron chi connectivity index (χ3n) is 0.799. The molecule has 0 saturated carbocycles. The highest BCUT2D eigenvalue weighted by molar-refractivity contribution is 6.12. The number of amides is 2. The number of carbonyl (C=O) groups excluding carboxylic acids is 2. The van der Waals surface area contributed by atoms with Gasteiger partial charge in [0.25, 0.3) is 11.8 Å². The molecule has 0 aromatic heterocycles. The van der Waals surface area contributed by atoms with Crippen molar-refractivity contribution in [1.82, 2.24) is 5.32 Å². The first-order chi connectivity index (χ1) is 5.20. The molecule has 0 radical (unpaired) electrons. The van der Waals surface area contributed by atoms with E-state index in [1.165, 1.54) is 18.4 Å². The Hall–Kier alpha value is -1.58. The Bertz CT molecular complexity index is 180. The summed E-state index contributed by atoms with van der Waals surface area (Å²) in [7, 11) is 1.56. The van der Waals surface area contributed by atoms with E-state index in [2.05, 4.69) is 11.3 Å². The highest BCUT2D eigenvalue weighted by Crippen LogP contribution is 1.82. The van der Waals surface area contributed by atoms with Crippen LogP contribution in [0.3, 0.4) is 0 Å². The summed E-state index contributed by atoms with van der Waals surface area (Å²) in [6, 6.07) is 0. The first-order valence-corrected chi connectivity index (χ1v) is 2.87. The summed E-state index contributed by atoms with van der Waals surface area (Å²) in [6.45, 7) is 3.26. The summed E-state index contributed by atoms with van der Waals surface area (Å²) in [5.41, 5.74) is 0. The zero-order valence-corrected chi connectivity index (χ0v) is 6.16. The summed E-state index contributed by atoms with van der Waals surface area (Å²) in [4.78, 5) is 20.1. The third-order valence-corrected chi connectivity index (χ3v) is 0.799. The molecule has 0 spiro atoms. The van der Waals surface area contributed by atoms with E-state index in [-0.39, 0.29) is 11.8 Å². The van der Waals surface area contributed by atoms with Crippen LogP contribution in [-0.4, -0.2) is 18.9 Å². The van der Waals surface area contributed by atoms with Crippen molar-refractivity contribution in [2.45, 2.75) is 0 Å². The summed E-state index contributed by atoms with van der Waals surface area (Å²) < 4.78 is 4.31. The molecule has 60 valence electrons. The van der Waals surface area contributed by atoms with Crippen LogP contribution in [0.25, 0.3) is 0 Å². The first kappa shape index (κ1) is 9.42. The van der Waals surface area contributed by atoms with Gasteiger partial charge in [-0.3, -0.25) is 14.9 Å². The van der Waals surface area contributed by atoms with E-state index in [0.717, 1.165) is 0 Å². The molecule has 0 saturated heterocycles. The predicted molar refractivity (Wildman–Crippen MR) is 39.5 cm³/mol. The molecule has 0 aliphatic carbocycles. The number of ether oxygens (including phenoxy) is 1. The molecule has 0 unspecified atom stereocenters. The van der Waals surface area contributed by atoms with Crippen molar-refractivity contribution in [3.05, 3.63) is 25.0 Å². The molecule has 1 N–H and O–H groups in total. The molecule has 0 aromatic rings. The van der Waals surface area contributed by atoms with Gasteiger partial charge in [-0.05, 0) is 0 Å². The molecular weight excluding hydrogens is 146 g/mol. The van der Waals surface area contributed by atoms with Gasteiger partial charge in [0.2, 0.25) is 0 Å². The van der Waals surface area contributed by atoms with E-state index in [9.17, 15) is 9.59 Å². The molecule has 4 heteroatoms. The highest BCUT2D eigenvalue weighted by Gasteiger charge is 2.06. The predicted octanol–water partition coefficient (Wildman–Crippen LogP) is -0.0247. The van der Waals surface area contributed by atoms with Crippen LogP contribution in [0, 0.1) is 0 Å². The van der Waals surface area contributed by atoms with E-state index in [0.29, 0.717) is 0 Å². The van der Waals surface area contributed by atoms with E-state index in [1.54, 1.807) is 7.11 Å². The van der Waals surface area contributed by atoms with Gasteiger partial charge in [0.05, 0.1) is 13.4 Å². The van der Waals surface area contributed by atoms with Crippen LogP contribution in [0.1, 0.15) is 0 Å². The second-order valence-electron chi connectivity index (χ2n) is 1.59. The van der Waals surface area contributed by atoms with Crippen LogP contribution in [0.4, 0.5) is 0 Å². The molecule has 0 bridgehead atoms. The topological polar surface area (TPSA) is 55.4 Å². The van der Waals surface area contributed by atoms with Crippen LogP contribution in [0.15, 0.2) is 25.0 Å². The van der Waals surface area contributed by atoms with Gasteiger partial charge in [-0.15, -0.1) is 0 Å². The van der Waals surface area contributed by atoms with E-state index < -0.39 is 0 Å². The van der Waals surface area contributed by atoms with Crippen molar-refractivity contribution >= 4 is 11.8 Å². The Kier molecular flexibility index (Phi) is 4.47. The minimum Gasteiger partial charge on any atom is -0.505 e. The van der Waals surface area contributed by atoms with Crippen molar-refractivity contribution in [3.8, 4) is 0 Å². The lowest BCUT2D eigenvalue weighted by atomic mass is 10.6. The van der Waals surface area contributed by atoms with Gasteiger partial charge >= 0.3 is 0 Å². The summed E-state index contributed by atoms with van der Waals surface area (Å²) in [6.07, 6.45) is 3.77. The van der Waals surface area contributed by atoms with Gasteiger partial charge in [-0.25, -0.2) is 0 Å². The maximum atomic E-state index is 10.0. The molecule has 4 nitrogen and oxygen atoms in total. The van der Waals surface area contributed by atoms with Crippen molar-refractivity contribution < 1.29 is 14.3 Å². The second kappa shape index (κ2) is 5.22. The van der Waals surface area contributed by atoms with Gasteiger partial charge < -0.3 is 4.74 Å². The number of nitrogens with one attached hydrogen (secondary N) is 1. The quantitative estimate of drug-likeness (QED) is 0.427. The number of hydrogen-bond donors (Lipinski definition) is 1. The van der Waals surface area contributed by atoms with Crippen LogP contribution >= 0.6 is 0 Å². The molecule has 1 aliphatic heterocycles. The monoisotopic (exact) mass is 155 g/mol. The molecular formula is C7H9NO3. The fourth-order valence-electron chi connectivity index (χ4n) is 0.356. The molecule has 11 heavy (non-hydrogen) atoms. The van der Waals surface area contributed by atoms with Gasteiger partial charge in [0.1, 0.15) is 0 Å². The molecule has 0 atom stereocenters. The lowest BCUT2D eigenvalue weighted by Crippen LogP contribution is -2.19. The van der Waals surface area contributed by atoms with Crippen molar-refractivity contribution in [2.24, 2.45) is 0 Å². The van der Waals surface area contributed by atoms with Crippen molar-refractivity contribution in [2.75, 3.05) is 7.11 Å². The van der Waals surface area contributed by atoms with E-state index in [4.69, 9.17) is 0 Å². The van der Waals surface area contributed by atoms with Crippen molar-refractivity contribution in [3.63, 3.8) is 0 Å². The molecule has 0 fully saturated rings. The fraction of sp³-hybridized carbons (Fsp3) is 0.143. The minimum atomic E-state index is -0.329. The van der Waals surface area contributed by atoms with Gasteiger partial charge in [0.15, 0.2) is 0 Å².